The molecule has 1 aromatic rings. The minimum Gasteiger partial charge on any atom is -0.326 e. The van der Waals surface area contributed by atoms with Crippen molar-refractivity contribution in [2.75, 3.05) is 18.4 Å². The Balaban J connectivity index is 1.83. The largest absolute Gasteiger partial charge is 0.326 e. The summed E-state index contributed by atoms with van der Waals surface area (Å²) in [6.45, 7) is 6.39. The van der Waals surface area contributed by atoms with E-state index in [4.69, 9.17) is 5.26 Å². The number of nitriles is 1. The molecule has 4 heteroatoms. The molecule has 21 heavy (non-hydrogen) atoms. The van der Waals surface area contributed by atoms with Gasteiger partial charge in [-0.15, -0.1) is 0 Å². The number of nitrogens with one attached hydrogen (secondary N) is 1. The number of piperidine rings is 1. The van der Waals surface area contributed by atoms with Gasteiger partial charge in [-0.3, -0.25) is 9.69 Å². The lowest BCUT2D eigenvalue weighted by Crippen LogP contribution is -2.42. The van der Waals surface area contributed by atoms with Crippen LogP contribution in [0, 0.1) is 17.2 Å². The Morgan fingerprint density at radius 1 is 1.43 bits per heavy atom. The summed E-state index contributed by atoms with van der Waals surface area (Å²) in [7, 11) is 0. The van der Waals surface area contributed by atoms with Gasteiger partial charge in [0.05, 0.1) is 11.6 Å². The highest BCUT2D eigenvalue weighted by atomic mass is 16.1. The zero-order chi connectivity index (χ0) is 15.2. The number of hydrogen-bond acceptors (Lipinski definition) is 3. The van der Waals surface area contributed by atoms with Gasteiger partial charge >= 0.3 is 0 Å². The van der Waals surface area contributed by atoms with Crippen molar-refractivity contribution < 1.29 is 4.79 Å². The molecule has 0 aliphatic carbocycles. The van der Waals surface area contributed by atoms with Crippen molar-refractivity contribution in [3.8, 4) is 6.07 Å². The normalized spacial score (nSPS) is 22.5. The summed E-state index contributed by atoms with van der Waals surface area (Å²) in [5, 5.41) is 11.7. The third-order valence-electron chi connectivity index (χ3n) is 4.15. The lowest BCUT2D eigenvalue weighted by molar-refractivity contribution is -0.116. The average molecular weight is 285 g/mol. The molecule has 2 atom stereocenters. The molecule has 112 valence electrons. The van der Waals surface area contributed by atoms with E-state index in [-0.39, 0.29) is 5.91 Å². The van der Waals surface area contributed by atoms with Gasteiger partial charge in [0.1, 0.15) is 0 Å². The fourth-order valence-corrected chi connectivity index (χ4v) is 2.83. The molecule has 2 unspecified atom stereocenters. The molecule has 1 fully saturated rings. The Morgan fingerprint density at radius 2 is 2.24 bits per heavy atom. The van der Waals surface area contributed by atoms with Gasteiger partial charge in [-0.25, -0.2) is 0 Å². The fourth-order valence-electron chi connectivity index (χ4n) is 2.83. The van der Waals surface area contributed by atoms with Crippen LogP contribution in [0.2, 0.25) is 0 Å². The van der Waals surface area contributed by atoms with Gasteiger partial charge in [-0.2, -0.15) is 5.26 Å². The van der Waals surface area contributed by atoms with E-state index in [1.165, 1.54) is 12.8 Å². The van der Waals surface area contributed by atoms with Crippen LogP contribution < -0.4 is 5.32 Å². The highest BCUT2D eigenvalue weighted by molar-refractivity contribution is 5.90. The van der Waals surface area contributed by atoms with Gasteiger partial charge in [0.2, 0.25) is 5.91 Å². The van der Waals surface area contributed by atoms with Crippen molar-refractivity contribution in [1.29, 1.82) is 5.26 Å². The number of nitrogens with zero attached hydrogens (tertiary/aromatic N) is 2. The van der Waals surface area contributed by atoms with Crippen molar-refractivity contribution in [3.05, 3.63) is 29.8 Å². The summed E-state index contributed by atoms with van der Waals surface area (Å²) >= 11 is 0. The molecule has 1 N–H and O–H groups in total. The standard InChI is InChI=1S/C17H23N3O/c1-13-6-7-14(2)20(12-13)9-8-17(21)19-16-5-3-4-15(10-16)11-18/h3-5,10,13-14H,6-9,12H2,1-2H3,(H,19,21). The molecule has 1 heterocycles. The van der Waals surface area contributed by atoms with Gasteiger partial charge in [0.15, 0.2) is 0 Å². The van der Waals surface area contributed by atoms with E-state index in [1.54, 1.807) is 18.2 Å². The predicted molar refractivity (Wildman–Crippen MR) is 83.8 cm³/mol. The van der Waals surface area contributed by atoms with Crippen LogP contribution in [0.25, 0.3) is 0 Å². The van der Waals surface area contributed by atoms with Gasteiger partial charge in [-0.1, -0.05) is 13.0 Å². The zero-order valence-corrected chi connectivity index (χ0v) is 12.8. The lowest BCUT2D eigenvalue weighted by atomic mass is 9.95. The first-order valence-electron chi connectivity index (χ1n) is 7.62. The molecular formula is C17H23N3O. The highest BCUT2D eigenvalue weighted by Gasteiger charge is 2.22. The van der Waals surface area contributed by atoms with E-state index < -0.39 is 0 Å². The lowest BCUT2D eigenvalue weighted by Gasteiger charge is -2.36. The Labute approximate surface area is 126 Å². The Bertz CT molecular complexity index is 535. The van der Waals surface area contributed by atoms with Crippen LogP contribution in [-0.2, 0) is 4.79 Å². The molecule has 1 aromatic carbocycles. The second-order valence-electron chi connectivity index (χ2n) is 6.02. The summed E-state index contributed by atoms with van der Waals surface area (Å²) in [5.74, 6) is 0.729. The van der Waals surface area contributed by atoms with Gasteiger partial charge in [0, 0.05) is 31.2 Å². The van der Waals surface area contributed by atoms with Crippen LogP contribution in [0.15, 0.2) is 24.3 Å². The Hall–Kier alpha value is -1.86. The maximum absolute atomic E-state index is 12.0. The van der Waals surface area contributed by atoms with Crippen LogP contribution >= 0.6 is 0 Å². The van der Waals surface area contributed by atoms with Crippen LogP contribution in [-0.4, -0.2) is 29.9 Å². The van der Waals surface area contributed by atoms with Crippen molar-refractivity contribution >= 4 is 11.6 Å². The van der Waals surface area contributed by atoms with E-state index in [0.29, 0.717) is 23.7 Å². The molecule has 0 radical (unpaired) electrons. The summed E-state index contributed by atoms with van der Waals surface area (Å²) in [6.07, 6.45) is 2.99. The number of hydrogen-bond donors (Lipinski definition) is 1. The molecule has 2 rings (SSSR count). The number of carbonyl (C=O) groups excluding carboxylic acids is 1. The smallest absolute Gasteiger partial charge is 0.225 e. The first-order valence-corrected chi connectivity index (χ1v) is 7.62. The third-order valence-corrected chi connectivity index (χ3v) is 4.15. The van der Waals surface area contributed by atoms with E-state index in [9.17, 15) is 4.79 Å². The summed E-state index contributed by atoms with van der Waals surface area (Å²) < 4.78 is 0. The molecule has 4 nitrogen and oxygen atoms in total. The number of benzene rings is 1. The van der Waals surface area contributed by atoms with E-state index >= 15 is 0 Å². The average Bonchev–Trinajstić information content (AvgIpc) is 2.48. The predicted octanol–water partition coefficient (Wildman–Crippen LogP) is 3.01. The second kappa shape index (κ2) is 7.24. The van der Waals surface area contributed by atoms with E-state index in [2.05, 4.69) is 30.1 Å². The molecule has 0 aromatic heterocycles. The fraction of sp³-hybridized carbons (Fsp3) is 0.529. The van der Waals surface area contributed by atoms with Gasteiger partial charge in [-0.05, 0) is 43.9 Å². The minimum absolute atomic E-state index is 0.00974. The third kappa shape index (κ3) is 4.57. The van der Waals surface area contributed by atoms with Crippen molar-refractivity contribution in [2.24, 2.45) is 5.92 Å². The number of anilines is 1. The number of likely N-dealkylation sites (tertiary alicyclic amines) is 1. The number of rotatable bonds is 4. The van der Waals surface area contributed by atoms with Gasteiger partial charge in [0.25, 0.3) is 0 Å². The van der Waals surface area contributed by atoms with Gasteiger partial charge < -0.3 is 5.32 Å². The first kappa shape index (κ1) is 15.5. The quantitative estimate of drug-likeness (QED) is 0.925. The topological polar surface area (TPSA) is 56.1 Å². The van der Waals surface area contributed by atoms with Crippen LogP contribution in [0.4, 0.5) is 5.69 Å². The maximum atomic E-state index is 12.0. The molecule has 0 spiro atoms. The van der Waals surface area contributed by atoms with Crippen LogP contribution in [0.1, 0.15) is 38.7 Å². The summed E-state index contributed by atoms with van der Waals surface area (Å²) in [4.78, 5) is 14.4. The number of carbonyl (C=O) groups is 1. The molecule has 1 aliphatic rings. The molecule has 0 saturated carbocycles. The second-order valence-corrected chi connectivity index (χ2v) is 6.02. The van der Waals surface area contributed by atoms with Crippen molar-refractivity contribution in [3.63, 3.8) is 0 Å². The monoisotopic (exact) mass is 285 g/mol. The summed E-state index contributed by atoms with van der Waals surface area (Å²) in [6, 6.07) is 9.66. The van der Waals surface area contributed by atoms with Crippen LogP contribution in [0.3, 0.4) is 0 Å². The first-order chi connectivity index (χ1) is 10.1. The molecule has 1 amide bonds. The minimum atomic E-state index is 0.00974. The Kier molecular flexibility index (Phi) is 5.35. The molecule has 1 saturated heterocycles. The van der Waals surface area contributed by atoms with Crippen LogP contribution in [0.5, 0.6) is 0 Å². The Morgan fingerprint density at radius 3 is 3.00 bits per heavy atom. The zero-order valence-electron chi connectivity index (χ0n) is 12.8. The van der Waals surface area contributed by atoms with E-state index in [0.717, 1.165) is 19.0 Å². The highest BCUT2D eigenvalue weighted by Crippen LogP contribution is 2.21. The SMILES string of the molecule is CC1CCC(C)N(CCC(=O)Nc2cccc(C#N)c2)C1. The van der Waals surface area contributed by atoms with Crippen molar-refractivity contribution in [1.82, 2.24) is 4.90 Å². The number of amides is 1. The van der Waals surface area contributed by atoms with E-state index in [1.807, 2.05) is 6.07 Å². The molecule has 1 aliphatic heterocycles. The van der Waals surface area contributed by atoms with Crippen molar-refractivity contribution in [2.45, 2.75) is 39.2 Å². The maximum Gasteiger partial charge on any atom is 0.225 e. The molecule has 0 bridgehead atoms. The summed E-state index contributed by atoms with van der Waals surface area (Å²) in [5.41, 5.74) is 1.25. The molecular weight excluding hydrogens is 262 g/mol.